The molecule has 4 bridgehead atoms. The Balaban J connectivity index is 1.74. The summed E-state index contributed by atoms with van der Waals surface area (Å²) >= 11 is 0. The molecule has 15 heavy (non-hydrogen) atoms. The minimum atomic E-state index is -0.490. The molecule has 0 aromatic rings. The molecule has 0 aliphatic heterocycles. The van der Waals surface area contributed by atoms with Crippen molar-refractivity contribution in [2.75, 3.05) is 0 Å². The van der Waals surface area contributed by atoms with Crippen LogP contribution in [-0.4, -0.2) is 11.1 Å². The molecular weight excluding hydrogens is 188 g/mol. The summed E-state index contributed by atoms with van der Waals surface area (Å²) in [6.45, 7) is 0. The number of hydrogen-bond donors (Lipinski definition) is 1. The van der Waals surface area contributed by atoms with Crippen LogP contribution in [0.1, 0.15) is 32.1 Å². The fraction of sp³-hybridized carbons (Fsp3) is 0.923. The molecule has 0 heterocycles. The van der Waals surface area contributed by atoms with E-state index in [9.17, 15) is 9.90 Å². The van der Waals surface area contributed by atoms with Gasteiger partial charge in [0, 0.05) is 0 Å². The maximum atomic E-state index is 11.3. The van der Waals surface area contributed by atoms with Crippen molar-refractivity contribution in [2.24, 2.45) is 41.4 Å². The van der Waals surface area contributed by atoms with E-state index in [1.54, 1.807) is 0 Å². The molecule has 2 nitrogen and oxygen atoms in total. The number of hydrogen-bond acceptors (Lipinski definition) is 1. The third kappa shape index (κ3) is 0.857. The summed E-state index contributed by atoms with van der Waals surface area (Å²) in [5, 5.41) is 9.34. The molecule has 4 fully saturated rings. The van der Waals surface area contributed by atoms with E-state index in [0.717, 1.165) is 23.7 Å². The van der Waals surface area contributed by atoms with E-state index in [4.69, 9.17) is 0 Å². The van der Waals surface area contributed by atoms with Crippen LogP contribution in [0.4, 0.5) is 0 Å². The molecule has 2 heteroatoms. The Bertz CT molecular complexity index is 300. The van der Waals surface area contributed by atoms with E-state index < -0.39 is 5.97 Å². The molecule has 0 amide bonds. The zero-order valence-corrected chi connectivity index (χ0v) is 8.93. The molecule has 1 N–H and O–H groups in total. The highest BCUT2D eigenvalue weighted by Gasteiger charge is 2.65. The lowest BCUT2D eigenvalue weighted by Crippen LogP contribution is -2.27. The molecule has 82 valence electrons. The Kier molecular flexibility index (Phi) is 1.48. The van der Waals surface area contributed by atoms with Gasteiger partial charge in [-0.2, -0.15) is 0 Å². The molecule has 0 aromatic heterocycles. The zero-order valence-electron chi connectivity index (χ0n) is 8.93. The van der Waals surface area contributed by atoms with Gasteiger partial charge in [-0.05, 0) is 67.6 Å². The van der Waals surface area contributed by atoms with Gasteiger partial charge < -0.3 is 5.11 Å². The highest BCUT2D eigenvalue weighted by atomic mass is 16.4. The SMILES string of the molecule is O=C(O)C1C2CCC1C1C3CCC(C3)C21. The predicted octanol–water partition coefficient (Wildman–Crippen LogP) is 2.39. The first kappa shape index (κ1) is 8.60. The molecule has 0 saturated heterocycles. The lowest BCUT2D eigenvalue weighted by atomic mass is 9.71. The Morgan fingerprint density at radius 1 is 0.933 bits per heavy atom. The average molecular weight is 206 g/mol. The summed E-state index contributed by atoms with van der Waals surface area (Å²) in [4.78, 5) is 11.3. The van der Waals surface area contributed by atoms with Gasteiger partial charge >= 0.3 is 5.97 Å². The minimum Gasteiger partial charge on any atom is -0.481 e. The first-order chi connectivity index (χ1) is 7.27. The second-order valence-corrected chi connectivity index (χ2v) is 6.26. The quantitative estimate of drug-likeness (QED) is 0.669. The van der Waals surface area contributed by atoms with Crippen LogP contribution in [0.2, 0.25) is 0 Å². The van der Waals surface area contributed by atoms with Crippen LogP contribution in [-0.2, 0) is 4.79 Å². The van der Waals surface area contributed by atoms with E-state index in [1.807, 2.05) is 0 Å². The van der Waals surface area contributed by atoms with E-state index in [-0.39, 0.29) is 5.92 Å². The van der Waals surface area contributed by atoms with Crippen molar-refractivity contribution in [3.05, 3.63) is 0 Å². The number of aliphatic carboxylic acids is 1. The smallest absolute Gasteiger partial charge is 0.307 e. The minimum absolute atomic E-state index is 0.0448. The Morgan fingerprint density at radius 3 is 1.93 bits per heavy atom. The summed E-state index contributed by atoms with van der Waals surface area (Å²) in [5.41, 5.74) is 0. The molecule has 0 spiro atoms. The van der Waals surface area contributed by atoms with Crippen LogP contribution in [0.25, 0.3) is 0 Å². The summed E-state index contributed by atoms with van der Waals surface area (Å²) < 4.78 is 0. The monoisotopic (exact) mass is 206 g/mol. The van der Waals surface area contributed by atoms with Crippen LogP contribution < -0.4 is 0 Å². The van der Waals surface area contributed by atoms with Gasteiger partial charge in [-0.3, -0.25) is 4.79 Å². The van der Waals surface area contributed by atoms with Gasteiger partial charge in [0.05, 0.1) is 5.92 Å². The van der Waals surface area contributed by atoms with Crippen LogP contribution in [0.5, 0.6) is 0 Å². The van der Waals surface area contributed by atoms with Crippen molar-refractivity contribution in [1.82, 2.24) is 0 Å². The molecule has 4 saturated carbocycles. The number of carboxylic acid groups (broad SMARTS) is 1. The molecule has 4 aliphatic rings. The third-order valence-corrected chi connectivity index (χ3v) is 6.08. The zero-order chi connectivity index (χ0) is 10.2. The van der Waals surface area contributed by atoms with E-state index in [0.29, 0.717) is 11.8 Å². The highest BCUT2D eigenvalue weighted by molar-refractivity contribution is 5.72. The van der Waals surface area contributed by atoms with E-state index >= 15 is 0 Å². The number of rotatable bonds is 1. The predicted molar refractivity (Wildman–Crippen MR) is 55.2 cm³/mol. The van der Waals surface area contributed by atoms with Gasteiger partial charge in [0.15, 0.2) is 0 Å². The summed E-state index contributed by atoms with van der Waals surface area (Å²) in [6.07, 6.45) is 6.68. The second kappa shape index (κ2) is 2.58. The lowest BCUT2D eigenvalue weighted by molar-refractivity contribution is -0.143. The average Bonchev–Trinajstić information content (AvgIpc) is 2.95. The van der Waals surface area contributed by atoms with Crippen molar-refractivity contribution in [3.8, 4) is 0 Å². The molecular formula is C13H18O2. The van der Waals surface area contributed by atoms with Crippen LogP contribution in [0.3, 0.4) is 0 Å². The van der Waals surface area contributed by atoms with Gasteiger partial charge in [0.25, 0.3) is 0 Å². The lowest BCUT2D eigenvalue weighted by Gasteiger charge is -2.34. The number of carboxylic acids is 1. The first-order valence-electron chi connectivity index (χ1n) is 6.50. The maximum Gasteiger partial charge on any atom is 0.307 e. The standard InChI is InChI=1S/C13H18O2/c14-13(15)12-8-3-4-9(12)11-7-2-1-6(5-7)10(8)11/h6-12H,1-5H2,(H,14,15). The largest absolute Gasteiger partial charge is 0.481 e. The van der Waals surface area contributed by atoms with E-state index in [2.05, 4.69) is 0 Å². The first-order valence-corrected chi connectivity index (χ1v) is 6.50. The number of carbonyl (C=O) groups is 1. The molecule has 0 aromatic carbocycles. The summed E-state index contributed by atoms with van der Waals surface area (Å²) in [5.74, 6) is 4.15. The molecule has 4 aliphatic carbocycles. The highest BCUT2D eigenvalue weighted by Crippen LogP contribution is 2.69. The van der Waals surface area contributed by atoms with Gasteiger partial charge in [0.1, 0.15) is 0 Å². The van der Waals surface area contributed by atoms with Crippen LogP contribution in [0, 0.1) is 41.4 Å². The Hall–Kier alpha value is -0.530. The second-order valence-electron chi connectivity index (χ2n) is 6.26. The molecule has 6 unspecified atom stereocenters. The van der Waals surface area contributed by atoms with Gasteiger partial charge in [-0.15, -0.1) is 0 Å². The third-order valence-electron chi connectivity index (χ3n) is 6.08. The normalized spacial score (nSPS) is 59.9. The fourth-order valence-electron chi connectivity index (χ4n) is 5.94. The van der Waals surface area contributed by atoms with Gasteiger partial charge in [0.2, 0.25) is 0 Å². The van der Waals surface area contributed by atoms with Crippen LogP contribution in [0.15, 0.2) is 0 Å². The number of fused-ring (bicyclic) bond motifs is 9. The van der Waals surface area contributed by atoms with Gasteiger partial charge in [-0.1, -0.05) is 0 Å². The van der Waals surface area contributed by atoms with Crippen LogP contribution >= 0.6 is 0 Å². The molecule has 4 rings (SSSR count). The summed E-state index contributed by atoms with van der Waals surface area (Å²) in [7, 11) is 0. The van der Waals surface area contributed by atoms with Crippen molar-refractivity contribution in [2.45, 2.75) is 32.1 Å². The van der Waals surface area contributed by atoms with E-state index in [1.165, 1.54) is 32.1 Å². The van der Waals surface area contributed by atoms with Crippen molar-refractivity contribution in [1.29, 1.82) is 0 Å². The fourth-order valence-corrected chi connectivity index (χ4v) is 5.94. The van der Waals surface area contributed by atoms with Gasteiger partial charge in [-0.25, -0.2) is 0 Å². The van der Waals surface area contributed by atoms with Crippen molar-refractivity contribution in [3.63, 3.8) is 0 Å². The molecule has 6 atom stereocenters. The van der Waals surface area contributed by atoms with Crippen molar-refractivity contribution < 1.29 is 9.90 Å². The maximum absolute atomic E-state index is 11.3. The van der Waals surface area contributed by atoms with Crippen molar-refractivity contribution >= 4 is 5.97 Å². The summed E-state index contributed by atoms with van der Waals surface area (Å²) in [6, 6.07) is 0. The Labute approximate surface area is 90.1 Å². The molecule has 0 radical (unpaired) electrons. The topological polar surface area (TPSA) is 37.3 Å². The Morgan fingerprint density at radius 2 is 1.47 bits per heavy atom.